The molecule has 0 saturated heterocycles. The predicted molar refractivity (Wildman–Crippen MR) is 183 cm³/mol. The van der Waals surface area contributed by atoms with E-state index in [0.29, 0.717) is 40.9 Å². The number of carboxylic acid groups (broad SMARTS) is 1. The van der Waals surface area contributed by atoms with Crippen LogP contribution in [-0.4, -0.2) is 30.3 Å². The van der Waals surface area contributed by atoms with Gasteiger partial charge in [-0.05, 0) is 104 Å². The van der Waals surface area contributed by atoms with Gasteiger partial charge in [-0.3, -0.25) is 0 Å². The Morgan fingerprint density at radius 1 is 0.933 bits per heavy atom. The summed E-state index contributed by atoms with van der Waals surface area (Å²) >= 11 is 6.30. The lowest BCUT2D eigenvalue weighted by molar-refractivity contribution is 0.0696. The topological polar surface area (TPSA) is 89.9 Å². The fraction of sp³-hybridized carbons (Fsp3) is 0.243. The van der Waals surface area contributed by atoms with E-state index in [0.717, 1.165) is 51.4 Å². The average Bonchev–Trinajstić information content (AvgIpc) is 3.04. The lowest BCUT2D eigenvalue weighted by Gasteiger charge is -2.16. The molecule has 0 aliphatic carbocycles. The van der Waals surface area contributed by atoms with Gasteiger partial charge >= 0.3 is 5.97 Å². The minimum atomic E-state index is -1.02. The number of pyridine rings is 1. The highest BCUT2D eigenvalue weighted by atomic mass is 35.5. The highest BCUT2D eigenvalue weighted by molar-refractivity contribution is 6.32. The number of ether oxygens (including phenoxy) is 3. The summed E-state index contributed by atoms with van der Waals surface area (Å²) in [4.78, 5) is 17.4. The number of aromatic nitrogens is 1. The molecule has 0 fully saturated rings. The summed E-state index contributed by atoms with van der Waals surface area (Å²) in [5, 5.41) is 14.4. The number of aryl methyl sites for hydroxylation is 2. The van der Waals surface area contributed by atoms with E-state index in [1.807, 2.05) is 81.4 Å². The first-order valence-electron chi connectivity index (χ1n) is 14.8. The van der Waals surface area contributed by atoms with Crippen LogP contribution in [0.2, 0.25) is 5.02 Å². The number of benzene rings is 3. The fourth-order valence-corrected chi connectivity index (χ4v) is 5.02. The number of carbonyl (C=O) groups is 1. The number of aromatic carboxylic acids is 1. The first kappa shape index (κ1) is 33.1. The van der Waals surface area contributed by atoms with Crippen LogP contribution in [0.4, 0.5) is 5.82 Å². The van der Waals surface area contributed by atoms with E-state index in [4.69, 9.17) is 30.8 Å². The number of methoxy groups -OCH3 is 2. The molecule has 0 aliphatic rings. The smallest absolute Gasteiger partial charge is 0.336 e. The number of nitrogens with zero attached hydrogens (tertiary/aromatic N) is 1. The van der Waals surface area contributed by atoms with Crippen LogP contribution in [0.15, 0.2) is 66.7 Å². The Morgan fingerprint density at radius 2 is 1.62 bits per heavy atom. The van der Waals surface area contributed by atoms with Gasteiger partial charge in [-0.15, -0.1) is 0 Å². The number of hydrogen-bond donors (Lipinski definition) is 2. The molecule has 0 bridgehead atoms. The third-order valence-electron chi connectivity index (χ3n) is 7.29. The Morgan fingerprint density at radius 3 is 2.24 bits per heavy atom. The lowest BCUT2D eigenvalue weighted by atomic mass is 9.99. The van der Waals surface area contributed by atoms with Gasteiger partial charge in [0, 0.05) is 17.1 Å². The summed E-state index contributed by atoms with van der Waals surface area (Å²) in [5.41, 5.74) is 5.88. The zero-order valence-electron chi connectivity index (χ0n) is 26.5. The SMILES string of the molecule is CCC/C=C(/C)c1c(C(=O)O)cc(/C=C/c2ccc(OC)c(OC)c2)nc1NCc1ccc(Oc2cc(C)c(Cl)c(C)c2)cc1. The van der Waals surface area contributed by atoms with Crippen LogP contribution in [0.5, 0.6) is 23.0 Å². The molecule has 0 spiro atoms. The van der Waals surface area contributed by atoms with Crippen LogP contribution in [0.1, 0.15) is 70.6 Å². The third kappa shape index (κ3) is 8.46. The second-order valence-corrected chi connectivity index (χ2v) is 11.1. The summed E-state index contributed by atoms with van der Waals surface area (Å²) < 4.78 is 16.8. The number of halogens is 1. The van der Waals surface area contributed by atoms with Crippen molar-refractivity contribution in [3.05, 3.63) is 111 Å². The molecule has 3 aromatic carbocycles. The van der Waals surface area contributed by atoms with Crippen molar-refractivity contribution in [2.75, 3.05) is 19.5 Å². The van der Waals surface area contributed by atoms with E-state index in [2.05, 4.69) is 18.3 Å². The molecular weight excluding hydrogens is 588 g/mol. The minimum Gasteiger partial charge on any atom is -0.493 e. The monoisotopic (exact) mass is 626 g/mol. The third-order valence-corrected chi connectivity index (χ3v) is 7.88. The zero-order valence-corrected chi connectivity index (χ0v) is 27.3. The van der Waals surface area contributed by atoms with E-state index in [1.165, 1.54) is 0 Å². The van der Waals surface area contributed by atoms with Gasteiger partial charge in [0.15, 0.2) is 11.5 Å². The Bertz CT molecular complexity index is 1710. The molecule has 8 heteroatoms. The summed E-state index contributed by atoms with van der Waals surface area (Å²) in [6.07, 6.45) is 7.49. The zero-order chi connectivity index (χ0) is 32.5. The lowest BCUT2D eigenvalue weighted by Crippen LogP contribution is -2.11. The average molecular weight is 627 g/mol. The van der Waals surface area contributed by atoms with Gasteiger partial charge in [0.2, 0.25) is 0 Å². The molecular formula is C37H39ClN2O5. The van der Waals surface area contributed by atoms with Crippen LogP contribution < -0.4 is 19.5 Å². The molecule has 0 atom stereocenters. The molecule has 234 valence electrons. The largest absolute Gasteiger partial charge is 0.493 e. The maximum absolute atomic E-state index is 12.5. The van der Waals surface area contributed by atoms with Crippen LogP contribution in [0, 0.1) is 13.8 Å². The van der Waals surface area contributed by atoms with Crippen molar-refractivity contribution in [3.63, 3.8) is 0 Å². The second kappa shape index (κ2) is 15.3. The first-order valence-corrected chi connectivity index (χ1v) is 15.1. The number of allylic oxidation sites excluding steroid dienone is 2. The summed E-state index contributed by atoms with van der Waals surface area (Å²) in [6, 6.07) is 18.7. The minimum absolute atomic E-state index is 0.182. The molecule has 7 nitrogen and oxygen atoms in total. The van der Waals surface area contributed by atoms with Gasteiger partial charge in [0.05, 0.1) is 25.5 Å². The fourth-order valence-electron chi connectivity index (χ4n) is 4.91. The van der Waals surface area contributed by atoms with Gasteiger partial charge in [-0.25, -0.2) is 9.78 Å². The van der Waals surface area contributed by atoms with Crippen molar-refractivity contribution < 1.29 is 24.1 Å². The number of nitrogens with one attached hydrogen (secondary N) is 1. The molecule has 1 heterocycles. The molecule has 2 N–H and O–H groups in total. The second-order valence-electron chi connectivity index (χ2n) is 10.7. The van der Waals surface area contributed by atoms with E-state index in [1.54, 1.807) is 26.4 Å². The van der Waals surface area contributed by atoms with E-state index in [9.17, 15) is 9.90 Å². The van der Waals surface area contributed by atoms with E-state index in [-0.39, 0.29) is 5.56 Å². The number of unbranched alkanes of at least 4 members (excludes halogenated alkanes) is 1. The molecule has 0 radical (unpaired) electrons. The summed E-state index contributed by atoms with van der Waals surface area (Å²) in [6.45, 7) is 8.35. The Kier molecular flexibility index (Phi) is 11.3. The normalized spacial score (nSPS) is 11.5. The van der Waals surface area contributed by atoms with Crippen LogP contribution in [0.3, 0.4) is 0 Å². The maximum atomic E-state index is 12.5. The Balaban J connectivity index is 1.63. The van der Waals surface area contributed by atoms with Crippen LogP contribution in [0.25, 0.3) is 17.7 Å². The standard InChI is InChI=1S/C37H39ClN2O5/c1-7-8-9-23(2)34-31(37(41)42)21-28(14-10-26-13-17-32(43-5)33(20-26)44-6)40-36(34)39-22-27-11-15-29(16-12-27)45-30-18-24(3)35(38)25(4)19-30/h9-21H,7-8,22H2,1-6H3,(H,39,40)(H,41,42)/b14-10+,23-9-. The Hall–Kier alpha value is -4.75. The van der Waals surface area contributed by atoms with Crippen molar-refractivity contribution in [1.82, 2.24) is 4.98 Å². The van der Waals surface area contributed by atoms with E-state index < -0.39 is 5.97 Å². The number of hydrogen-bond acceptors (Lipinski definition) is 6. The van der Waals surface area contributed by atoms with Gasteiger partial charge in [0.25, 0.3) is 0 Å². The van der Waals surface area contributed by atoms with Gasteiger partial charge < -0.3 is 24.6 Å². The molecule has 1 aromatic heterocycles. The van der Waals surface area contributed by atoms with Crippen molar-refractivity contribution in [1.29, 1.82) is 0 Å². The van der Waals surface area contributed by atoms with Gasteiger partial charge in [0.1, 0.15) is 17.3 Å². The summed E-state index contributed by atoms with van der Waals surface area (Å²) in [5.74, 6) is 2.13. The number of carboxylic acids is 1. The molecule has 4 rings (SSSR count). The quantitative estimate of drug-likeness (QED) is 0.153. The van der Waals surface area contributed by atoms with E-state index >= 15 is 0 Å². The number of rotatable bonds is 13. The van der Waals surface area contributed by atoms with Gasteiger partial charge in [-0.1, -0.05) is 55.3 Å². The molecule has 0 saturated carbocycles. The molecule has 0 unspecified atom stereocenters. The van der Waals surface area contributed by atoms with Crippen LogP contribution >= 0.6 is 11.6 Å². The van der Waals surface area contributed by atoms with Gasteiger partial charge in [-0.2, -0.15) is 0 Å². The Labute approximate surface area is 270 Å². The molecule has 0 aliphatic heterocycles. The molecule has 45 heavy (non-hydrogen) atoms. The first-order chi connectivity index (χ1) is 21.6. The number of anilines is 1. The molecule has 0 amide bonds. The predicted octanol–water partition coefficient (Wildman–Crippen LogP) is 9.85. The maximum Gasteiger partial charge on any atom is 0.336 e. The van der Waals surface area contributed by atoms with Crippen LogP contribution in [-0.2, 0) is 6.54 Å². The van der Waals surface area contributed by atoms with Crippen molar-refractivity contribution in [2.24, 2.45) is 0 Å². The molecule has 4 aromatic rings. The van der Waals surface area contributed by atoms with Crippen molar-refractivity contribution in [2.45, 2.75) is 47.1 Å². The highest BCUT2D eigenvalue weighted by Gasteiger charge is 2.19. The highest BCUT2D eigenvalue weighted by Crippen LogP contribution is 2.32. The van der Waals surface area contributed by atoms with Crippen molar-refractivity contribution in [3.8, 4) is 23.0 Å². The summed E-state index contributed by atoms with van der Waals surface area (Å²) in [7, 11) is 3.17. The van der Waals surface area contributed by atoms with Crippen molar-refractivity contribution >= 4 is 41.1 Å².